The van der Waals surface area contributed by atoms with Crippen molar-refractivity contribution in [2.24, 2.45) is 0 Å². The second kappa shape index (κ2) is 8.41. The Morgan fingerprint density at radius 3 is 2.89 bits per heavy atom. The zero-order chi connectivity index (χ0) is 19.2. The second-order valence-corrected chi connectivity index (χ2v) is 6.64. The molecule has 4 amide bonds. The highest BCUT2D eigenvalue weighted by Gasteiger charge is 2.31. The van der Waals surface area contributed by atoms with E-state index >= 15 is 0 Å². The van der Waals surface area contributed by atoms with Gasteiger partial charge in [-0.05, 0) is 18.6 Å². The number of allylic oxidation sites excluding steroid dienone is 1. The Kier molecular flexibility index (Phi) is 5.77. The van der Waals surface area contributed by atoms with Crippen molar-refractivity contribution in [2.75, 3.05) is 11.9 Å². The lowest BCUT2D eigenvalue weighted by atomic mass is 9.96. The third-order valence-electron chi connectivity index (χ3n) is 3.85. The molecule has 0 radical (unpaired) electrons. The van der Waals surface area contributed by atoms with Crippen LogP contribution in [0.5, 0.6) is 0 Å². The van der Waals surface area contributed by atoms with Crippen LogP contribution in [0.1, 0.15) is 24.9 Å². The van der Waals surface area contributed by atoms with E-state index in [1.807, 2.05) is 0 Å². The third kappa shape index (κ3) is 4.67. The van der Waals surface area contributed by atoms with Gasteiger partial charge in [-0.25, -0.2) is 9.78 Å². The van der Waals surface area contributed by atoms with E-state index in [4.69, 9.17) is 0 Å². The zero-order valence-electron chi connectivity index (χ0n) is 14.5. The molecule has 3 rings (SSSR count). The first-order valence-electron chi connectivity index (χ1n) is 8.20. The molecule has 10 heteroatoms. The van der Waals surface area contributed by atoms with Gasteiger partial charge in [0.05, 0.1) is 11.6 Å². The molecule has 0 saturated carbocycles. The van der Waals surface area contributed by atoms with Crippen molar-refractivity contribution in [1.82, 2.24) is 25.9 Å². The summed E-state index contributed by atoms with van der Waals surface area (Å²) in [5, 5.41) is 13.0. The van der Waals surface area contributed by atoms with Crippen LogP contribution in [0.4, 0.5) is 9.93 Å². The van der Waals surface area contributed by atoms with E-state index in [-0.39, 0.29) is 30.8 Å². The number of carbonyl (C=O) groups excluding carboxylic acids is 3. The van der Waals surface area contributed by atoms with Crippen LogP contribution in [0.25, 0.3) is 0 Å². The smallest absolute Gasteiger partial charge is 0.319 e. The van der Waals surface area contributed by atoms with Crippen LogP contribution in [0.3, 0.4) is 0 Å². The maximum absolute atomic E-state index is 12.7. The molecule has 3 heterocycles. The van der Waals surface area contributed by atoms with Gasteiger partial charge < -0.3 is 21.3 Å². The van der Waals surface area contributed by atoms with Crippen LogP contribution in [0.2, 0.25) is 0 Å². The normalized spacial score (nSPS) is 16.3. The van der Waals surface area contributed by atoms with Crippen LogP contribution in [-0.2, 0) is 9.59 Å². The van der Waals surface area contributed by atoms with Crippen LogP contribution >= 0.6 is 11.3 Å². The van der Waals surface area contributed by atoms with Gasteiger partial charge in [0.2, 0.25) is 5.91 Å². The quantitative estimate of drug-likeness (QED) is 0.596. The average molecular weight is 386 g/mol. The van der Waals surface area contributed by atoms with E-state index in [1.165, 1.54) is 11.3 Å². The van der Waals surface area contributed by atoms with E-state index in [2.05, 4.69) is 31.2 Å². The Hall–Kier alpha value is -3.27. The standard InChI is InChI=1S/C17H18N6O3S/c1-10-13(14(23-16(26)21-10)11-3-2-5-18-9-11)15(25)19-6-4-12(24)22-17-20-7-8-27-17/h2-3,5,7-9,14H,4,6H2,1H3,(H,19,25)(H,20,22,24)(H2,21,23,26). The molecule has 140 valence electrons. The molecule has 2 aromatic heterocycles. The van der Waals surface area contributed by atoms with Crippen LogP contribution in [0, 0.1) is 0 Å². The monoisotopic (exact) mass is 386 g/mol. The first-order valence-corrected chi connectivity index (χ1v) is 9.08. The molecule has 2 aromatic rings. The number of nitrogens with zero attached hydrogens (tertiary/aromatic N) is 2. The minimum atomic E-state index is -0.614. The zero-order valence-corrected chi connectivity index (χ0v) is 15.3. The summed E-state index contributed by atoms with van der Waals surface area (Å²) >= 11 is 1.32. The number of anilines is 1. The Morgan fingerprint density at radius 2 is 2.19 bits per heavy atom. The lowest BCUT2D eigenvalue weighted by molar-refractivity contribution is -0.118. The second-order valence-electron chi connectivity index (χ2n) is 5.75. The molecule has 0 saturated heterocycles. The Balaban J connectivity index is 1.63. The minimum Gasteiger partial charge on any atom is -0.352 e. The number of carbonyl (C=O) groups is 3. The molecule has 1 atom stereocenters. The summed E-state index contributed by atoms with van der Waals surface area (Å²) in [5.74, 6) is -0.606. The minimum absolute atomic E-state index is 0.106. The first kappa shape index (κ1) is 18.5. The highest BCUT2D eigenvalue weighted by Crippen LogP contribution is 2.25. The molecule has 0 aromatic carbocycles. The van der Waals surface area contributed by atoms with Gasteiger partial charge in [0.15, 0.2) is 5.13 Å². The molecular formula is C17H18N6O3S. The number of hydrogen-bond acceptors (Lipinski definition) is 6. The largest absolute Gasteiger partial charge is 0.352 e. The number of urea groups is 1. The Labute approximate surface area is 159 Å². The van der Waals surface area contributed by atoms with Crippen molar-refractivity contribution < 1.29 is 14.4 Å². The number of nitrogens with one attached hydrogen (secondary N) is 4. The molecule has 1 aliphatic heterocycles. The molecule has 1 unspecified atom stereocenters. The third-order valence-corrected chi connectivity index (χ3v) is 4.54. The first-order chi connectivity index (χ1) is 13.0. The maximum atomic E-state index is 12.7. The lowest BCUT2D eigenvalue weighted by Crippen LogP contribution is -2.47. The molecule has 4 N–H and O–H groups in total. The van der Waals surface area contributed by atoms with Gasteiger partial charge in [0.25, 0.3) is 5.91 Å². The molecule has 0 fully saturated rings. The van der Waals surface area contributed by atoms with Crippen molar-refractivity contribution in [3.8, 4) is 0 Å². The summed E-state index contributed by atoms with van der Waals surface area (Å²) in [4.78, 5) is 44.4. The number of thiazole rings is 1. The van der Waals surface area contributed by atoms with Gasteiger partial charge in [0, 0.05) is 42.6 Å². The topological polar surface area (TPSA) is 125 Å². The summed E-state index contributed by atoms with van der Waals surface area (Å²) in [6.07, 6.45) is 4.91. The fourth-order valence-corrected chi connectivity index (χ4v) is 3.19. The molecule has 0 bridgehead atoms. The molecular weight excluding hydrogens is 368 g/mol. The maximum Gasteiger partial charge on any atom is 0.319 e. The highest BCUT2D eigenvalue weighted by molar-refractivity contribution is 7.13. The fraction of sp³-hybridized carbons (Fsp3) is 0.235. The van der Waals surface area contributed by atoms with Crippen molar-refractivity contribution in [1.29, 1.82) is 0 Å². The number of hydrogen-bond donors (Lipinski definition) is 4. The van der Waals surface area contributed by atoms with Crippen molar-refractivity contribution in [3.05, 3.63) is 52.9 Å². The van der Waals surface area contributed by atoms with E-state index in [0.29, 0.717) is 22.0 Å². The van der Waals surface area contributed by atoms with Crippen molar-refractivity contribution >= 4 is 34.3 Å². The van der Waals surface area contributed by atoms with Crippen molar-refractivity contribution in [2.45, 2.75) is 19.4 Å². The van der Waals surface area contributed by atoms with Gasteiger partial charge in [-0.1, -0.05) is 6.07 Å². The van der Waals surface area contributed by atoms with Gasteiger partial charge in [-0.2, -0.15) is 0 Å². The molecule has 0 aliphatic carbocycles. The summed E-state index contributed by atoms with van der Waals surface area (Å²) < 4.78 is 0. The van der Waals surface area contributed by atoms with Gasteiger partial charge in [-0.15, -0.1) is 11.3 Å². The van der Waals surface area contributed by atoms with Crippen molar-refractivity contribution in [3.63, 3.8) is 0 Å². The number of aromatic nitrogens is 2. The van der Waals surface area contributed by atoms with E-state index in [9.17, 15) is 14.4 Å². The number of rotatable bonds is 6. The number of amides is 4. The van der Waals surface area contributed by atoms with Crippen LogP contribution in [-0.4, -0.2) is 34.4 Å². The van der Waals surface area contributed by atoms with Gasteiger partial charge in [-0.3, -0.25) is 14.6 Å². The summed E-state index contributed by atoms with van der Waals surface area (Å²) in [6, 6.07) is 2.51. The summed E-state index contributed by atoms with van der Waals surface area (Å²) in [7, 11) is 0. The summed E-state index contributed by atoms with van der Waals surface area (Å²) in [6.45, 7) is 1.81. The van der Waals surface area contributed by atoms with Crippen LogP contribution < -0.4 is 21.3 Å². The molecule has 9 nitrogen and oxygen atoms in total. The number of pyridine rings is 1. The predicted molar refractivity (Wildman–Crippen MR) is 99.7 cm³/mol. The predicted octanol–water partition coefficient (Wildman–Crippen LogP) is 1.31. The average Bonchev–Trinajstić information content (AvgIpc) is 3.14. The van der Waals surface area contributed by atoms with Gasteiger partial charge in [0.1, 0.15) is 0 Å². The molecule has 1 aliphatic rings. The SMILES string of the molecule is CC1=C(C(=O)NCCC(=O)Nc2nccs2)C(c2cccnc2)NC(=O)N1. The molecule has 27 heavy (non-hydrogen) atoms. The van der Waals surface area contributed by atoms with E-state index in [0.717, 1.165) is 0 Å². The fourth-order valence-electron chi connectivity index (χ4n) is 2.64. The van der Waals surface area contributed by atoms with E-state index in [1.54, 1.807) is 43.0 Å². The van der Waals surface area contributed by atoms with E-state index < -0.39 is 6.04 Å². The van der Waals surface area contributed by atoms with Gasteiger partial charge >= 0.3 is 6.03 Å². The highest BCUT2D eigenvalue weighted by atomic mass is 32.1. The summed E-state index contributed by atoms with van der Waals surface area (Å²) in [5.41, 5.74) is 1.53. The Bertz CT molecular complexity index is 866. The van der Waals surface area contributed by atoms with Crippen LogP contribution in [0.15, 0.2) is 47.4 Å². The Morgan fingerprint density at radius 1 is 1.33 bits per heavy atom. The molecule has 0 spiro atoms. The lowest BCUT2D eigenvalue weighted by Gasteiger charge is -2.28.